The molecule has 4 N–H and O–H groups in total. The van der Waals surface area contributed by atoms with E-state index in [0.29, 0.717) is 24.6 Å². The summed E-state index contributed by atoms with van der Waals surface area (Å²) in [6, 6.07) is 9.46. The maximum atomic E-state index is 11.8. The van der Waals surface area contributed by atoms with Gasteiger partial charge in [-0.3, -0.25) is 9.59 Å². The Morgan fingerprint density at radius 2 is 2.00 bits per heavy atom. The second-order valence-corrected chi connectivity index (χ2v) is 3.92. The summed E-state index contributed by atoms with van der Waals surface area (Å²) in [5, 5.41) is 8.50. The molecule has 1 aromatic heterocycles. The molecule has 0 spiro atoms. The van der Waals surface area contributed by atoms with Crippen LogP contribution in [0.2, 0.25) is 0 Å². The Morgan fingerprint density at radius 3 is 2.60 bits per heavy atom. The van der Waals surface area contributed by atoms with Gasteiger partial charge in [-0.2, -0.15) is 5.10 Å². The number of hydrogen-bond acceptors (Lipinski definition) is 5. The van der Waals surface area contributed by atoms with Crippen LogP contribution < -0.4 is 21.3 Å². The van der Waals surface area contributed by atoms with Crippen molar-refractivity contribution >= 4 is 11.6 Å². The molecule has 1 amide bonds. The molecule has 104 valence electrons. The third-order valence-corrected chi connectivity index (χ3v) is 2.41. The monoisotopic (exact) mass is 274 g/mol. The summed E-state index contributed by atoms with van der Waals surface area (Å²) >= 11 is 0. The maximum Gasteiger partial charge on any atom is 0.276 e. The average molecular weight is 274 g/mol. The highest BCUT2D eigenvalue weighted by atomic mass is 16.5. The molecule has 2 aromatic rings. The Morgan fingerprint density at radius 1 is 1.25 bits per heavy atom. The van der Waals surface area contributed by atoms with E-state index in [0.717, 1.165) is 0 Å². The van der Waals surface area contributed by atoms with Gasteiger partial charge in [0, 0.05) is 18.3 Å². The number of amides is 1. The molecule has 1 heterocycles. The van der Waals surface area contributed by atoms with Crippen molar-refractivity contribution in [3.8, 4) is 5.75 Å². The van der Waals surface area contributed by atoms with Gasteiger partial charge in [-0.15, -0.1) is 0 Å². The second-order valence-electron chi connectivity index (χ2n) is 3.92. The maximum absolute atomic E-state index is 11.8. The third kappa shape index (κ3) is 3.66. The van der Waals surface area contributed by atoms with Crippen LogP contribution in [0, 0.1) is 0 Å². The van der Waals surface area contributed by atoms with E-state index in [1.807, 2.05) is 0 Å². The van der Waals surface area contributed by atoms with Gasteiger partial charge in [0.2, 0.25) is 0 Å². The van der Waals surface area contributed by atoms with Gasteiger partial charge in [0.25, 0.3) is 11.5 Å². The molecule has 0 aliphatic rings. The number of nitrogens with zero attached hydrogens (tertiary/aromatic N) is 1. The highest BCUT2D eigenvalue weighted by Crippen LogP contribution is 2.15. The van der Waals surface area contributed by atoms with Crippen LogP contribution in [0.1, 0.15) is 10.5 Å². The summed E-state index contributed by atoms with van der Waals surface area (Å²) in [6.07, 6.45) is 0. The van der Waals surface area contributed by atoms with Crippen molar-refractivity contribution in [2.45, 2.75) is 0 Å². The van der Waals surface area contributed by atoms with Gasteiger partial charge < -0.3 is 15.8 Å². The fraction of sp³-hybridized carbons (Fsp3) is 0.154. The van der Waals surface area contributed by atoms with Crippen molar-refractivity contribution in [2.75, 3.05) is 18.5 Å². The predicted molar refractivity (Wildman–Crippen MR) is 73.8 cm³/mol. The van der Waals surface area contributed by atoms with Gasteiger partial charge >= 0.3 is 0 Å². The van der Waals surface area contributed by atoms with Crippen LogP contribution in [0.25, 0.3) is 0 Å². The van der Waals surface area contributed by atoms with Crippen molar-refractivity contribution in [1.29, 1.82) is 0 Å². The first-order valence-corrected chi connectivity index (χ1v) is 5.99. The molecular formula is C13H14N4O3. The molecule has 2 rings (SSSR count). The predicted octanol–water partition coefficient (Wildman–Crippen LogP) is 0.360. The van der Waals surface area contributed by atoms with Crippen molar-refractivity contribution in [3.05, 3.63) is 52.4 Å². The molecule has 0 saturated carbocycles. The zero-order chi connectivity index (χ0) is 14.4. The van der Waals surface area contributed by atoms with E-state index in [9.17, 15) is 9.59 Å². The number of hydrogen-bond donors (Lipinski definition) is 3. The Hall–Kier alpha value is -2.67. The van der Waals surface area contributed by atoms with Crippen LogP contribution in [0.4, 0.5) is 5.69 Å². The largest absolute Gasteiger partial charge is 0.492 e. The summed E-state index contributed by atoms with van der Waals surface area (Å²) in [5.74, 6) is 0.271. The minimum absolute atomic E-state index is 0.132. The molecule has 0 radical (unpaired) electrons. The van der Waals surface area contributed by atoms with Crippen LogP contribution >= 0.6 is 0 Å². The Balaban J connectivity index is 2.00. The minimum Gasteiger partial charge on any atom is -0.492 e. The molecule has 0 bridgehead atoms. The first-order valence-electron chi connectivity index (χ1n) is 5.99. The summed E-state index contributed by atoms with van der Waals surface area (Å²) in [6.45, 7) is 0.878. The van der Waals surface area contributed by atoms with Gasteiger partial charge in [-0.1, -0.05) is 0 Å². The number of ether oxygens (including phenoxy) is 1. The van der Waals surface area contributed by atoms with E-state index in [-0.39, 0.29) is 11.3 Å². The summed E-state index contributed by atoms with van der Waals surface area (Å²) in [7, 11) is 0. The second kappa shape index (κ2) is 6.48. The van der Waals surface area contributed by atoms with Crippen LogP contribution in [0.5, 0.6) is 5.75 Å². The third-order valence-electron chi connectivity index (χ3n) is 2.41. The molecule has 20 heavy (non-hydrogen) atoms. The smallest absolute Gasteiger partial charge is 0.276 e. The van der Waals surface area contributed by atoms with Gasteiger partial charge in [0.1, 0.15) is 18.1 Å². The number of aromatic amines is 1. The fourth-order valence-corrected chi connectivity index (χ4v) is 1.48. The quantitative estimate of drug-likeness (QED) is 0.729. The zero-order valence-electron chi connectivity index (χ0n) is 10.6. The standard InChI is InChI=1S/C13H14N4O3/c14-7-8-20-10-3-1-9(2-4-10)15-13(19)11-5-6-12(18)17-16-11/h1-6H,7-8,14H2,(H,15,19)(H,17,18). The number of anilines is 1. The van der Waals surface area contributed by atoms with Crippen molar-refractivity contribution in [1.82, 2.24) is 10.2 Å². The molecule has 7 heteroatoms. The van der Waals surface area contributed by atoms with E-state index in [1.165, 1.54) is 12.1 Å². The van der Waals surface area contributed by atoms with E-state index in [1.54, 1.807) is 24.3 Å². The Bertz CT molecular complexity index is 616. The van der Waals surface area contributed by atoms with E-state index in [4.69, 9.17) is 10.5 Å². The lowest BCUT2D eigenvalue weighted by Gasteiger charge is -2.07. The summed E-state index contributed by atoms with van der Waals surface area (Å²) < 4.78 is 5.32. The number of carbonyl (C=O) groups is 1. The lowest BCUT2D eigenvalue weighted by atomic mass is 10.3. The first kappa shape index (κ1) is 13.8. The van der Waals surface area contributed by atoms with E-state index < -0.39 is 5.91 Å². The average Bonchev–Trinajstić information content (AvgIpc) is 2.47. The lowest BCUT2D eigenvalue weighted by Crippen LogP contribution is -2.17. The van der Waals surface area contributed by atoms with Crippen molar-refractivity contribution < 1.29 is 9.53 Å². The molecule has 0 unspecified atom stereocenters. The van der Waals surface area contributed by atoms with Crippen LogP contribution in [-0.2, 0) is 0 Å². The Kier molecular flexibility index (Phi) is 4.46. The lowest BCUT2D eigenvalue weighted by molar-refractivity contribution is 0.102. The van der Waals surface area contributed by atoms with Gasteiger partial charge in [0.15, 0.2) is 0 Å². The van der Waals surface area contributed by atoms with Crippen LogP contribution in [-0.4, -0.2) is 29.3 Å². The van der Waals surface area contributed by atoms with Crippen LogP contribution in [0.3, 0.4) is 0 Å². The molecular weight excluding hydrogens is 260 g/mol. The topological polar surface area (TPSA) is 110 Å². The molecule has 7 nitrogen and oxygen atoms in total. The highest BCUT2D eigenvalue weighted by Gasteiger charge is 2.07. The van der Waals surface area contributed by atoms with Crippen molar-refractivity contribution in [3.63, 3.8) is 0 Å². The molecule has 0 aliphatic carbocycles. The number of rotatable bonds is 5. The normalized spacial score (nSPS) is 10.1. The van der Waals surface area contributed by atoms with Gasteiger partial charge in [-0.05, 0) is 30.3 Å². The van der Waals surface area contributed by atoms with Gasteiger partial charge in [-0.25, -0.2) is 5.10 Å². The summed E-state index contributed by atoms with van der Waals surface area (Å²) in [5.41, 5.74) is 5.71. The summed E-state index contributed by atoms with van der Waals surface area (Å²) in [4.78, 5) is 22.7. The number of aromatic nitrogens is 2. The molecule has 0 atom stereocenters. The minimum atomic E-state index is -0.406. The molecule has 1 aromatic carbocycles. The first-order chi connectivity index (χ1) is 9.69. The van der Waals surface area contributed by atoms with E-state index in [2.05, 4.69) is 15.5 Å². The number of H-pyrrole nitrogens is 1. The SMILES string of the molecule is NCCOc1ccc(NC(=O)c2ccc(=O)[nH]n2)cc1. The number of benzene rings is 1. The number of nitrogens with one attached hydrogen (secondary N) is 2. The fourth-order valence-electron chi connectivity index (χ4n) is 1.48. The van der Waals surface area contributed by atoms with E-state index >= 15 is 0 Å². The zero-order valence-corrected chi connectivity index (χ0v) is 10.6. The Labute approximate surface area is 114 Å². The van der Waals surface area contributed by atoms with Gasteiger partial charge in [0.05, 0.1) is 0 Å². The van der Waals surface area contributed by atoms with Crippen molar-refractivity contribution in [2.24, 2.45) is 5.73 Å². The highest BCUT2D eigenvalue weighted by molar-refractivity contribution is 6.02. The number of nitrogens with two attached hydrogens (primary N) is 1. The number of carbonyl (C=O) groups excluding carboxylic acids is 1. The molecule has 0 saturated heterocycles. The molecule has 0 aliphatic heterocycles. The van der Waals surface area contributed by atoms with Crippen LogP contribution in [0.15, 0.2) is 41.2 Å². The molecule has 0 fully saturated rings.